The molecule has 114 valence electrons. The molecule has 0 amide bonds. The zero-order valence-corrected chi connectivity index (χ0v) is 12.2. The van der Waals surface area contributed by atoms with Crippen molar-refractivity contribution in [3.63, 3.8) is 0 Å². The van der Waals surface area contributed by atoms with E-state index < -0.39 is 11.6 Å². The lowest BCUT2D eigenvalue weighted by Gasteiger charge is -2.30. The van der Waals surface area contributed by atoms with Crippen molar-refractivity contribution in [1.82, 2.24) is 25.5 Å². The predicted octanol–water partition coefficient (Wildman–Crippen LogP) is 1.29. The molecule has 0 radical (unpaired) electrons. The molecule has 2 aromatic rings. The van der Waals surface area contributed by atoms with Crippen molar-refractivity contribution >= 4 is 18.8 Å². The van der Waals surface area contributed by atoms with Crippen molar-refractivity contribution in [2.24, 2.45) is 4.99 Å². The van der Waals surface area contributed by atoms with Crippen LogP contribution < -0.4 is 0 Å². The number of benzene rings is 1. The first kappa shape index (κ1) is 13.8. The smallest absolute Gasteiger partial charge is 0.197 e. The first-order valence-electron chi connectivity index (χ1n) is 6.82. The molecule has 22 heavy (non-hydrogen) atoms. The highest BCUT2D eigenvalue weighted by molar-refractivity contribution is 7.80. The summed E-state index contributed by atoms with van der Waals surface area (Å²) >= 11 is 4.47. The van der Waals surface area contributed by atoms with E-state index in [-0.39, 0.29) is 17.6 Å². The quantitative estimate of drug-likeness (QED) is 0.818. The van der Waals surface area contributed by atoms with Crippen LogP contribution in [-0.4, -0.2) is 43.3 Å². The third-order valence-electron chi connectivity index (χ3n) is 4.15. The van der Waals surface area contributed by atoms with Gasteiger partial charge in [-0.15, -0.1) is 22.8 Å². The molecule has 1 aromatic carbocycles. The number of H-pyrrole nitrogens is 1. The highest BCUT2D eigenvalue weighted by Crippen LogP contribution is 2.35. The second-order valence-corrected chi connectivity index (χ2v) is 5.87. The van der Waals surface area contributed by atoms with Crippen LogP contribution in [0.25, 0.3) is 0 Å². The Hall–Kier alpha value is -1.87. The van der Waals surface area contributed by atoms with Crippen LogP contribution in [0.5, 0.6) is 0 Å². The van der Waals surface area contributed by atoms with E-state index in [1.807, 2.05) is 4.90 Å². The van der Waals surface area contributed by atoms with Crippen LogP contribution in [-0.2, 0) is 12.8 Å². The highest BCUT2D eigenvalue weighted by atomic mass is 32.1. The number of hydrogen-bond donors (Lipinski definition) is 2. The van der Waals surface area contributed by atoms with Gasteiger partial charge in [0.25, 0.3) is 0 Å². The molecule has 0 saturated heterocycles. The molecule has 0 spiro atoms. The number of aromatic nitrogens is 4. The minimum absolute atomic E-state index is 0.0321. The zero-order valence-electron chi connectivity index (χ0n) is 11.3. The molecule has 2 heterocycles. The molecule has 6 nitrogen and oxygen atoms in total. The van der Waals surface area contributed by atoms with Gasteiger partial charge in [-0.2, -0.15) is 5.21 Å². The van der Waals surface area contributed by atoms with Crippen molar-refractivity contribution in [3.8, 4) is 0 Å². The van der Waals surface area contributed by atoms with E-state index in [1.165, 1.54) is 12.1 Å². The van der Waals surface area contributed by atoms with Gasteiger partial charge in [0.2, 0.25) is 0 Å². The van der Waals surface area contributed by atoms with Gasteiger partial charge in [-0.05, 0) is 36.1 Å². The minimum Gasteiger partial charge on any atom is -0.266 e. The fourth-order valence-corrected chi connectivity index (χ4v) is 3.58. The van der Waals surface area contributed by atoms with Crippen LogP contribution in [0.2, 0.25) is 0 Å². The number of nitrogens with one attached hydrogen (secondary N) is 1. The van der Waals surface area contributed by atoms with Gasteiger partial charge in [-0.25, -0.2) is 8.78 Å². The van der Waals surface area contributed by atoms with Crippen molar-refractivity contribution in [3.05, 3.63) is 40.7 Å². The van der Waals surface area contributed by atoms with Crippen LogP contribution >= 0.6 is 12.6 Å². The lowest BCUT2D eigenvalue weighted by molar-refractivity contribution is 0.178. The summed E-state index contributed by atoms with van der Waals surface area (Å²) in [6, 6.07) is 2.34. The molecule has 1 N–H and O–H groups in total. The topological polar surface area (TPSA) is 70.1 Å². The molecular formula is C13H12F2N6S. The summed E-state index contributed by atoms with van der Waals surface area (Å²) in [5.74, 6) is -1.11. The second kappa shape index (κ2) is 5.10. The minimum atomic E-state index is -0.811. The first-order chi connectivity index (χ1) is 10.6. The van der Waals surface area contributed by atoms with Gasteiger partial charge in [-0.3, -0.25) is 9.89 Å². The van der Waals surface area contributed by atoms with E-state index in [9.17, 15) is 8.78 Å². The molecule has 4 rings (SSSR count). The number of nitrogens with zero attached hydrogens (tertiary/aromatic N) is 5. The summed E-state index contributed by atoms with van der Waals surface area (Å²) in [6.45, 7) is 0. The number of rotatable bonds is 2. The van der Waals surface area contributed by atoms with Gasteiger partial charge >= 0.3 is 0 Å². The van der Waals surface area contributed by atoms with Gasteiger partial charge in [0.05, 0.1) is 0 Å². The summed E-state index contributed by atoms with van der Waals surface area (Å²) in [5.41, 5.74) is 1.31. The Morgan fingerprint density at radius 2 is 1.86 bits per heavy atom. The summed E-state index contributed by atoms with van der Waals surface area (Å²) in [6.07, 6.45) is 2.95. The Labute approximate surface area is 130 Å². The molecule has 0 saturated carbocycles. The number of halogens is 2. The van der Waals surface area contributed by atoms with Crippen LogP contribution in [0.3, 0.4) is 0 Å². The Morgan fingerprint density at radius 1 is 1.18 bits per heavy atom. The van der Waals surface area contributed by atoms with Crippen molar-refractivity contribution in [1.29, 1.82) is 0 Å². The third-order valence-corrected chi connectivity index (χ3v) is 4.55. The number of fused-ring (bicyclic) bond motifs is 1. The summed E-state index contributed by atoms with van der Waals surface area (Å²) in [7, 11) is 0. The summed E-state index contributed by atoms with van der Waals surface area (Å²) in [5, 5.41) is 14.0. The Balaban J connectivity index is 1.63. The molecule has 2 unspecified atom stereocenters. The van der Waals surface area contributed by atoms with E-state index in [1.54, 1.807) is 6.21 Å². The van der Waals surface area contributed by atoms with Gasteiger partial charge in [0, 0.05) is 12.3 Å². The van der Waals surface area contributed by atoms with Crippen molar-refractivity contribution in [2.45, 2.75) is 30.4 Å². The zero-order chi connectivity index (χ0) is 15.3. The predicted molar refractivity (Wildman–Crippen MR) is 77.6 cm³/mol. The van der Waals surface area contributed by atoms with E-state index in [2.05, 4.69) is 38.2 Å². The number of aromatic amines is 1. The average Bonchev–Trinajstić information content (AvgIpc) is 3.18. The van der Waals surface area contributed by atoms with E-state index in [4.69, 9.17) is 0 Å². The van der Waals surface area contributed by atoms with Gasteiger partial charge in [0.15, 0.2) is 17.5 Å². The normalized spacial score (nSPS) is 25.0. The fourth-order valence-electron chi connectivity index (χ4n) is 3.17. The average molecular weight is 322 g/mol. The number of tetrazole rings is 1. The Morgan fingerprint density at radius 3 is 2.45 bits per heavy atom. The fraction of sp³-hybridized carbons (Fsp3) is 0.385. The maximum Gasteiger partial charge on any atom is 0.197 e. The number of aliphatic imine (C=N–C) groups is 1. The van der Waals surface area contributed by atoms with E-state index >= 15 is 0 Å². The van der Waals surface area contributed by atoms with Gasteiger partial charge in [0.1, 0.15) is 11.5 Å². The molecule has 2 atom stereocenters. The summed E-state index contributed by atoms with van der Waals surface area (Å²) in [4.78, 5) is 6.32. The molecular weight excluding hydrogens is 310 g/mol. The first-order valence-corrected chi connectivity index (χ1v) is 7.34. The maximum absolute atomic E-state index is 13.4. The molecule has 1 aromatic heterocycles. The van der Waals surface area contributed by atoms with Crippen LogP contribution in [0.15, 0.2) is 17.1 Å². The SMILES string of the molecule is Fc1cc2c(cc1F)CC(N1C(S)N=CC1c1nn[nH]n1)C2. The highest BCUT2D eigenvalue weighted by Gasteiger charge is 2.39. The van der Waals surface area contributed by atoms with Crippen molar-refractivity contribution < 1.29 is 8.78 Å². The maximum atomic E-state index is 13.4. The number of hydrogen-bond acceptors (Lipinski definition) is 6. The van der Waals surface area contributed by atoms with E-state index in [0.29, 0.717) is 18.7 Å². The molecule has 0 bridgehead atoms. The lowest BCUT2D eigenvalue weighted by Crippen LogP contribution is -2.40. The van der Waals surface area contributed by atoms with Crippen LogP contribution in [0.1, 0.15) is 23.0 Å². The lowest BCUT2D eigenvalue weighted by atomic mass is 10.1. The van der Waals surface area contributed by atoms with E-state index in [0.717, 1.165) is 11.1 Å². The van der Waals surface area contributed by atoms with Crippen molar-refractivity contribution in [2.75, 3.05) is 0 Å². The molecule has 2 aliphatic rings. The monoisotopic (exact) mass is 322 g/mol. The molecule has 1 aliphatic carbocycles. The molecule has 9 heteroatoms. The van der Waals surface area contributed by atoms with Crippen LogP contribution in [0.4, 0.5) is 8.78 Å². The van der Waals surface area contributed by atoms with Crippen LogP contribution in [0, 0.1) is 11.6 Å². The standard InChI is InChI=1S/C13H12F2N6S/c14-9-3-6-1-8(2-7(6)4-10(9)15)21-11(5-16-13(21)22)12-17-19-20-18-12/h3-5,8,11,13,22H,1-2H2,(H,17,18,19,20). The molecule has 1 aliphatic heterocycles. The number of thiol groups is 1. The summed E-state index contributed by atoms with van der Waals surface area (Å²) < 4.78 is 26.8. The molecule has 0 fully saturated rings. The largest absolute Gasteiger partial charge is 0.266 e. The Bertz CT molecular complexity index is 703. The second-order valence-electron chi connectivity index (χ2n) is 5.40. The van der Waals surface area contributed by atoms with Gasteiger partial charge < -0.3 is 0 Å². The Kier molecular flexibility index (Phi) is 3.19. The van der Waals surface area contributed by atoms with Gasteiger partial charge in [-0.1, -0.05) is 5.21 Å². The third kappa shape index (κ3) is 2.12.